The monoisotopic (exact) mass is 454 g/mol. The number of carbonyl (C=O) groups is 2. The first-order valence-corrected chi connectivity index (χ1v) is 9.57. The number of hydrogen-bond acceptors (Lipinski definition) is 8. The molecule has 0 fully saturated rings. The molecule has 0 saturated carbocycles. The summed E-state index contributed by atoms with van der Waals surface area (Å²) in [5, 5.41) is 42.0. The summed E-state index contributed by atoms with van der Waals surface area (Å²) in [5.74, 6) is -1.99. The summed E-state index contributed by atoms with van der Waals surface area (Å²) in [5.41, 5.74) is 8.73. The second-order valence-electron chi connectivity index (χ2n) is 6.97. The van der Waals surface area contributed by atoms with Crippen LogP contribution in [0.1, 0.15) is 18.4 Å². The average molecular weight is 454 g/mol. The minimum Gasteiger partial charge on any atom is -0.550 e. The van der Waals surface area contributed by atoms with Crippen molar-refractivity contribution in [3.8, 4) is 34.2 Å². The second kappa shape index (κ2) is 11.4. The second-order valence-corrected chi connectivity index (χ2v) is 6.97. The van der Waals surface area contributed by atoms with Crippen molar-refractivity contribution in [2.45, 2.75) is 18.9 Å². The molecule has 0 spiro atoms. The topological polar surface area (TPSA) is 172 Å². The van der Waals surface area contributed by atoms with E-state index in [0.717, 1.165) is 0 Å². The molecule has 0 saturated heterocycles. The summed E-state index contributed by atoms with van der Waals surface area (Å²) in [4.78, 5) is 26.9. The molecule has 0 aliphatic heterocycles. The zero-order valence-electron chi connectivity index (χ0n) is 17.8. The third-order valence-electron chi connectivity index (χ3n) is 4.69. The Balaban J connectivity index is 0.00000385. The van der Waals surface area contributed by atoms with Crippen LogP contribution in [0, 0.1) is 11.3 Å². The number of hydrogen-bond donors (Lipinski definition) is 4. The van der Waals surface area contributed by atoms with Crippen LogP contribution in [0.15, 0.2) is 54.6 Å². The first-order valence-electron chi connectivity index (χ1n) is 9.57. The molecule has 9 nitrogen and oxygen atoms in total. The van der Waals surface area contributed by atoms with Crippen molar-refractivity contribution in [2.75, 3.05) is 11.1 Å². The number of nitriles is 1. The number of aliphatic carboxylic acids is 1. The number of nitrogens with zero attached hydrogens (tertiary/aromatic N) is 2. The third-order valence-corrected chi connectivity index (χ3v) is 4.69. The van der Waals surface area contributed by atoms with Gasteiger partial charge >= 0.3 is 29.6 Å². The van der Waals surface area contributed by atoms with Gasteiger partial charge in [-0.15, -0.1) is 0 Å². The van der Waals surface area contributed by atoms with E-state index in [4.69, 9.17) is 5.73 Å². The fourth-order valence-corrected chi connectivity index (χ4v) is 3.07. The van der Waals surface area contributed by atoms with E-state index in [2.05, 4.69) is 10.3 Å². The Morgan fingerprint density at radius 3 is 2.48 bits per heavy atom. The van der Waals surface area contributed by atoms with Gasteiger partial charge in [-0.25, -0.2) is 4.98 Å². The number of anilines is 2. The van der Waals surface area contributed by atoms with E-state index in [0.29, 0.717) is 28.1 Å². The summed E-state index contributed by atoms with van der Waals surface area (Å²) in [6.07, 6.45) is -2.23. The molecule has 0 aliphatic carbocycles. The van der Waals surface area contributed by atoms with Crippen molar-refractivity contribution in [2.24, 2.45) is 0 Å². The van der Waals surface area contributed by atoms with Gasteiger partial charge in [0.2, 0.25) is 0 Å². The number of carboxylic acid groups (broad SMARTS) is 1. The molecule has 0 bridgehead atoms. The van der Waals surface area contributed by atoms with Gasteiger partial charge in [-0.05, 0) is 60.9 Å². The largest absolute Gasteiger partial charge is 1.00 e. The SMILES string of the molecule is N#Cc1c(-c2cccc(NC(=O)C(O)CCC(=O)[O-])c2)cc(-c2ccc(O)cc2)nc1N.[Na+]. The molecule has 10 heteroatoms. The molecule has 1 unspecified atom stereocenters. The van der Waals surface area contributed by atoms with Gasteiger partial charge in [0.15, 0.2) is 0 Å². The maximum absolute atomic E-state index is 12.1. The Bertz CT molecular complexity index is 1210. The fraction of sp³-hybridized carbons (Fsp3) is 0.130. The van der Waals surface area contributed by atoms with Crippen LogP contribution >= 0.6 is 0 Å². The molecule has 3 aromatic rings. The number of rotatable bonds is 7. The zero-order valence-corrected chi connectivity index (χ0v) is 19.8. The number of aliphatic hydroxyl groups excluding tert-OH is 1. The molecule has 33 heavy (non-hydrogen) atoms. The van der Waals surface area contributed by atoms with Gasteiger partial charge in [-0.3, -0.25) is 4.79 Å². The molecule has 5 N–H and O–H groups in total. The van der Waals surface area contributed by atoms with Crippen molar-refractivity contribution < 1.29 is 54.5 Å². The van der Waals surface area contributed by atoms with Crippen LogP contribution in [-0.4, -0.2) is 33.2 Å². The molecule has 2 aromatic carbocycles. The number of carboxylic acids is 1. The molecule has 1 aromatic heterocycles. The van der Waals surface area contributed by atoms with E-state index in [1.165, 1.54) is 12.1 Å². The van der Waals surface area contributed by atoms with Crippen molar-refractivity contribution in [1.29, 1.82) is 5.26 Å². The van der Waals surface area contributed by atoms with Crippen LogP contribution < -0.4 is 45.7 Å². The predicted octanol–water partition coefficient (Wildman–Crippen LogP) is -1.59. The van der Waals surface area contributed by atoms with E-state index in [1.54, 1.807) is 42.5 Å². The van der Waals surface area contributed by atoms with Gasteiger partial charge in [0.1, 0.15) is 29.3 Å². The summed E-state index contributed by atoms with van der Waals surface area (Å²) >= 11 is 0. The first kappa shape index (κ1) is 25.8. The van der Waals surface area contributed by atoms with Gasteiger partial charge in [-0.2, -0.15) is 5.26 Å². The summed E-state index contributed by atoms with van der Waals surface area (Å²) < 4.78 is 0. The van der Waals surface area contributed by atoms with Crippen molar-refractivity contribution >= 4 is 23.4 Å². The number of nitrogen functional groups attached to an aromatic ring is 1. The van der Waals surface area contributed by atoms with E-state index in [1.807, 2.05) is 6.07 Å². The minimum absolute atomic E-state index is 0. The number of phenols is 1. The number of nitrogens with two attached hydrogens (primary N) is 1. The molecule has 1 heterocycles. The number of nitrogens with one attached hydrogen (secondary N) is 1. The normalized spacial score (nSPS) is 11.0. The van der Waals surface area contributed by atoms with Gasteiger partial charge in [-0.1, -0.05) is 12.1 Å². The quantitative estimate of drug-likeness (QED) is 0.309. The van der Waals surface area contributed by atoms with Crippen LogP contribution in [0.2, 0.25) is 0 Å². The van der Waals surface area contributed by atoms with Crippen LogP contribution in [0.4, 0.5) is 11.5 Å². The maximum atomic E-state index is 12.1. The number of aromatic hydroxyl groups is 1. The number of amides is 1. The number of phenolic OH excluding ortho intramolecular Hbond substituents is 1. The van der Waals surface area contributed by atoms with Crippen LogP contribution in [0.3, 0.4) is 0 Å². The molecular weight excluding hydrogens is 435 g/mol. The molecule has 1 atom stereocenters. The smallest absolute Gasteiger partial charge is 0.550 e. The number of aliphatic hydroxyl groups is 1. The van der Waals surface area contributed by atoms with E-state index < -0.39 is 24.4 Å². The summed E-state index contributed by atoms with van der Waals surface area (Å²) in [7, 11) is 0. The number of benzene rings is 2. The fourth-order valence-electron chi connectivity index (χ4n) is 3.07. The van der Waals surface area contributed by atoms with Gasteiger partial charge in [0.25, 0.3) is 5.91 Å². The standard InChI is InChI=1S/C23H20N4O5.Na/c24-12-18-17(11-19(27-22(18)25)13-4-6-16(28)7-5-13)14-2-1-3-15(10-14)26-23(32)20(29)8-9-21(30)31;/h1-7,10-11,20,28-29H,8-9H2,(H2,25,27)(H,26,32)(H,30,31);/q;+1/p-1. The van der Waals surface area contributed by atoms with E-state index >= 15 is 0 Å². The van der Waals surface area contributed by atoms with Crippen molar-refractivity contribution in [3.05, 3.63) is 60.2 Å². The number of carbonyl (C=O) groups excluding carboxylic acids is 2. The van der Waals surface area contributed by atoms with Gasteiger partial charge in [0, 0.05) is 22.8 Å². The third kappa shape index (κ3) is 6.54. The Labute approximate surface area is 211 Å². The Morgan fingerprint density at radius 1 is 1.15 bits per heavy atom. The maximum Gasteiger partial charge on any atom is 1.00 e. The zero-order chi connectivity index (χ0) is 23.3. The van der Waals surface area contributed by atoms with Gasteiger partial charge < -0.3 is 31.2 Å². The van der Waals surface area contributed by atoms with Crippen LogP contribution in [0.25, 0.3) is 22.4 Å². The Kier molecular flexibility index (Phi) is 8.96. The molecule has 162 valence electrons. The molecule has 0 radical (unpaired) electrons. The van der Waals surface area contributed by atoms with Crippen molar-refractivity contribution in [1.82, 2.24) is 4.98 Å². The number of aromatic nitrogens is 1. The number of pyridine rings is 1. The van der Waals surface area contributed by atoms with Gasteiger partial charge in [0.05, 0.1) is 5.69 Å². The molecule has 1 amide bonds. The first-order chi connectivity index (χ1) is 15.3. The molecular formula is C23H19N4NaO5. The van der Waals surface area contributed by atoms with Crippen LogP contribution in [-0.2, 0) is 9.59 Å². The van der Waals surface area contributed by atoms with E-state index in [9.17, 15) is 30.2 Å². The molecule has 3 rings (SSSR count). The summed E-state index contributed by atoms with van der Waals surface area (Å²) in [6.45, 7) is 0. The molecule has 0 aliphatic rings. The van der Waals surface area contributed by atoms with Crippen molar-refractivity contribution in [3.63, 3.8) is 0 Å². The Hall–Kier alpha value is -3.42. The average Bonchev–Trinajstić information content (AvgIpc) is 2.77. The minimum atomic E-state index is -1.51. The van der Waals surface area contributed by atoms with E-state index in [-0.39, 0.29) is 53.1 Å². The predicted molar refractivity (Wildman–Crippen MR) is 115 cm³/mol. The summed E-state index contributed by atoms with van der Waals surface area (Å²) in [6, 6.07) is 16.6. The van der Waals surface area contributed by atoms with Crippen LogP contribution in [0.5, 0.6) is 5.75 Å². The Morgan fingerprint density at radius 2 is 1.85 bits per heavy atom.